The SMILES string of the molecule is CC(C)c1cc[pH]c1C(N)=S. The molecule has 0 amide bonds. The van der Waals surface area contributed by atoms with Gasteiger partial charge in [-0.05, 0) is 17.3 Å². The summed E-state index contributed by atoms with van der Waals surface area (Å²) in [4.78, 5) is 0.567. The number of hydrogen-bond acceptors (Lipinski definition) is 1. The highest BCUT2D eigenvalue weighted by atomic mass is 32.1. The van der Waals surface area contributed by atoms with Crippen LogP contribution in [0.15, 0.2) is 11.9 Å². The highest BCUT2D eigenvalue weighted by Gasteiger charge is 2.07. The predicted molar refractivity (Wildman–Crippen MR) is 55.9 cm³/mol. The second-order valence-corrected chi connectivity index (χ2v) is 4.39. The lowest BCUT2D eigenvalue weighted by Crippen LogP contribution is -2.09. The minimum Gasteiger partial charge on any atom is -0.389 e. The Labute approximate surface area is 74.1 Å². The van der Waals surface area contributed by atoms with E-state index in [1.807, 2.05) is 0 Å². The summed E-state index contributed by atoms with van der Waals surface area (Å²) in [6.45, 7) is 4.32. The summed E-state index contributed by atoms with van der Waals surface area (Å²) >= 11 is 4.94. The van der Waals surface area contributed by atoms with Crippen molar-refractivity contribution in [1.82, 2.24) is 0 Å². The molecule has 1 aromatic heterocycles. The molecular weight excluding hydrogens is 173 g/mol. The van der Waals surface area contributed by atoms with Gasteiger partial charge in [0, 0.05) is 5.30 Å². The summed E-state index contributed by atoms with van der Waals surface area (Å²) in [5, 5.41) is 1.18. The number of hydrogen-bond donors (Lipinski definition) is 1. The molecule has 0 spiro atoms. The largest absolute Gasteiger partial charge is 0.389 e. The van der Waals surface area contributed by atoms with Gasteiger partial charge in [0.2, 0.25) is 0 Å². The Morgan fingerprint density at radius 1 is 1.64 bits per heavy atom. The maximum Gasteiger partial charge on any atom is 0.108 e. The Morgan fingerprint density at radius 3 is 2.64 bits per heavy atom. The first-order valence-corrected chi connectivity index (χ1v) is 5.08. The average Bonchev–Trinajstić information content (AvgIpc) is 2.32. The maximum absolute atomic E-state index is 5.57. The third-order valence-electron chi connectivity index (χ3n) is 1.65. The zero-order valence-corrected chi connectivity index (χ0v) is 8.53. The summed E-state index contributed by atoms with van der Waals surface area (Å²) in [6, 6.07) is 2.14. The molecule has 0 saturated carbocycles. The van der Waals surface area contributed by atoms with Crippen molar-refractivity contribution < 1.29 is 0 Å². The van der Waals surface area contributed by atoms with Gasteiger partial charge in [-0.25, -0.2) is 0 Å². The lowest BCUT2D eigenvalue weighted by atomic mass is 10.0. The van der Waals surface area contributed by atoms with Gasteiger partial charge in [-0.2, -0.15) is 0 Å². The molecule has 0 saturated heterocycles. The summed E-state index contributed by atoms with van der Waals surface area (Å²) in [6.07, 6.45) is 0. The molecule has 0 aliphatic carbocycles. The van der Waals surface area contributed by atoms with Crippen LogP contribution in [0.4, 0.5) is 0 Å². The molecule has 1 unspecified atom stereocenters. The molecule has 2 N–H and O–H groups in total. The first-order chi connectivity index (χ1) is 5.13. The molecule has 0 bridgehead atoms. The van der Waals surface area contributed by atoms with Crippen molar-refractivity contribution in [1.29, 1.82) is 0 Å². The van der Waals surface area contributed by atoms with E-state index in [0.29, 0.717) is 19.1 Å². The fraction of sp³-hybridized carbons (Fsp3) is 0.375. The molecule has 1 atom stereocenters. The van der Waals surface area contributed by atoms with Gasteiger partial charge in [0.05, 0.1) is 0 Å². The standard InChI is InChI=1S/C8H12NPS/c1-5(2)6-3-4-10-7(6)8(9)11/h3-5,10H,1-2H3,(H2,9,11). The number of rotatable bonds is 2. The van der Waals surface area contributed by atoms with Gasteiger partial charge < -0.3 is 5.73 Å². The van der Waals surface area contributed by atoms with E-state index in [-0.39, 0.29) is 0 Å². The van der Waals surface area contributed by atoms with Crippen LogP contribution < -0.4 is 5.73 Å². The smallest absolute Gasteiger partial charge is 0.108 e. The van der Waals surface area contributed by atoms with Crippen molar-refractivity contribution in [3.05, 3.63) is 22.7 Å². The van der Waals surface area contributed by atoms with Gasteiger partial charge in [-0.1, -0.05) is 32.1 Å². The predicted octanol–water partition coefficient (Wildman–Crippen LogP) is 2.48. The zero-order chi connectivity index (χ0) is 8.43. The van der Waals surface area contributed by atoms with Crippen molar-refractivity contribution in [2.75, 3.05) is 0 Å². The second-order valence-electron chi connectivity index (χ2n) is 2.83. The highest BCUT2D eigenvalue weighted by molar-refractivity contribution is 7.81. The number of thiocarbonyl (C=S) groups is 1. The fourth-order valence-electron chi connectivity index (χ4n) is 1.08. The Bertz CT molecular complexity index is 265. The lowest BCUT2D eigenvalue weighted by Gasteiger charge is -2.04. The van der Waals surface area contributed by atoms with Crippen molar-refractivity contribution in [3.63, 3.8) is 0 Å². The average molecular weight is 185 g/mol. The van der Waals surface area contributed by atoms with Crippen LogP contribution in [0, 0.1) is 0 Å². The topological polar surface area (TPSA) is 26.0 Å². The normalized spacial score (nSPS) is 11.2. The quantitative estimate of drug-likeness (QED) is 0.716. The van der Waals surface area contributed by atoms with E-state index in [1.54, 1.807) is 0 Å². The first-order valence-electron chi connectivity index (χ1n) is 3.60. The van der Waals surface area contributed by atoms with E-state index in [2.05, 4.69) is 25.7 Å². The van der Waals surface area contributed by atoms with Gasteiger partial charge in [-0.15, -0.1) is 8.19 Å². The van der Waals surface area contributed by atoms with Crippen molar-refractivity contribution in [3.8, 4) is 0 Å². The van der Waals surface area contributed by atoms with Crippen LogP contribution in [-0.4, -0.2) is 4.99 Å². The first kappa shape index (κ1) is 8.76. The molecule has 0 aromatic carbocycles. The van der Waals surface area contributed by atoms with Crippen LogP contribution in [0.25, 0.3) is 0 Å². The minimum atomic E-state index is 0.540. The fourth-order valence-corrected chi connectivity index (χ4v) is 2.48. The van der Waals surface area contributed by atoms with Gasteiger partial charge in [0.1, 0.15) is 4.99 Å². The van der Waals surface area contributed by atoms with Crippen LogP contribution in [0.1, 0.15) is 30.6 Å². The van der Waals surface area contributed by atoms with Gasteiger partial charge in [-0.3, -0.25) is 0 Å². The molecular formula is C8H12NPS. The molecule has 0 fully saturated rings. The molecule has 3 heteroatoms. The molecule has 0 aliphatic heterocycles. The van der Waals surface area contributed by atoms with Crippen LogP contribution >= 0.6 is 20.4 Å². The van der Waals surface area contributed by atoms with Crippen molar-refractivity contribution in [2.24, 2.45) is 5.73 Å². The summed E-state index contributed by atoms with van der Waals surface area (Å²) in [5.74, 6) is 2.68. The van der Waals surface area contributed by atoms with E-state index >= 15 is 0 Å². The van der Waals surface area contributed by atoms with E-state index in [0.717, 1.165) is 0 Å². The molecule has 0 radical (unpaired) electrons. The molecule has 60 valence electrons. The summed E-state index contributed by atoms with van der Waals surface area (Å²) < 4.78 is 0. The third-order valence-corrected chi connectivity index (χ3v) is 3.21. The highest BCUT2D eigenvalue weighted by Crippen LogP contribution is 2.27. The Hall–Kier alpha value is -0.330. The van der Waals surface area contributed by atoms with Crippen LogP contribution in [-0.2, 0) is 0 Å². The third kappa shape index (κ3) is 1.82. The molecule has 1 aromatic rings. The molecule has 11 heavy (non-hydrogen) atoms. The van der Waals surface area contributed by atoms with Gasteiger partial charge >= 0.3 is 0 Å². The van der Waals surface area contributed by atoms with E-state index in [9.17, 15) is 0 Å². The summed E-state index contributed by atoms with van der Waals surface area (Å²) in [7, 11) is 0.686. The van der Waals surface area contributed by atoms with Crippen LogP contribution in [0.3, 0.4) is 0 Å². The Kier molecular flexibility index (Phi) is 2.69. The second kappa shape index (κ2) is 3.38. The zero-order valence-electron chi connectivity index (χ0n) is 6.72. The molecule has 1 heterocycles. The monoisotopic (exact) mass is 185 g/mol. The molecule has 1 rings (SSSR count). The van der Waals surface area contributed by atoms with Crippen LogP contribution in [0.2, 0.25) is 0 Å². The van der Waals surface area contributed by atoms with Gasteiger partial charge in [0.25, 0.3) is 0 Å². The molecule has 0 aliphatic rings. The minimum absolute atomic E-state index is 0.540. The van der Waals surface area contributed by atoms with E-state index in [4.69, 9.17) is 18.0 Å². The van der Waals surface area contributed by atoms with E-state index < -0.39 is 0 Å². The molecule has 1 nitrogen and oxygen atoms in total. The van der Waals surface area contributed by atoms with E-state index in [1.165, 1.54) is 10.9 Å². The van der Waals surface area contributed by atoms with Crippen molar-refractivity contribution in [2.45, 2.75) is 19.8 Å². The van der Waals surface area contributed by atoms with Crippen LogP contribution in [0.5, 0.6) is 0 Å². The summed E-state index contributed by atoms with van der Waals surface area (Å²) in [5.41, 5.74) is 6.88. The number of nitrogens with two attached hydrogens (primary N) is 1. The Balaban J connectivity index is 3.06. The van der Waals surface area contributed by atoms with Gasteiger partial charge in [0.15, 0.2) is 0 Å². The Morgan fingerprint density at radius 2 is 2.27 bits per heavy atom. The van der Waals surface area contributed by atoms with Crippen molar-refractivity contribution >= 4 is 25.4 Å². The lowest BCUT2D eigenvalue weighted by molar-refractivity contribution is 0.870. The maximum atomic E-state index is 5.57.